The molecule has 1 aromatic rings. The molecule has 0 aliphatic heterocycles. The minimum atomic E-state index is -4.21. The Labute approximate surface area is 152 Å². The molecule has 3 aliphatic rings. The van der Waals surface area contributed by atoms with Crippen molar-refractivity contribution in [3.8, 4) is 0 Å². The number of thiophene rings is 1. The van der Waals surface area contributed by atoms with Crippen molar-refractivity contribution >= 4 is 16.9 Å². The van der Waals surface area contributed by atoms with Gasteiger partial charge >= 0.3 is 6.18 Å². The lowest BCUT2D eigenvalue weighted by atomic mass is 9.70. The maximum atomic E-state index is 12.8. The molecule has 0 aromatic carbocycles. The van der Waals surface area contributed by atoms with E-state index in [1.165, 1.54) is 38.2 Å². The molecule has 138 valence electrons. The third-order valence-corrected chi connectivity index (χ3v) is 8.12. The first-order chi connectivity index (χ1) is 11.9. The van der Waals surface area contributed by atoms with Crippen LogP contribution in [0.1, 0.15) is 68.0 Å². The number of halogens is 3. The molecule has 3 aliphatic carbocycles. The second-order valence-corrected chi connectivity index (χ2v) is 9.56. The first kappa shape index (κ1) is 17.6. The van der Waals surface area contributed by atoms with Crippen LogP contribution in [-0.4, -0.2) is 0 Å². The normalized spacial score (nSPS) is 36.2. The fraction of sp³-hybridized carbons (Fsp3) is 0.714. The summed E-state index contributed by atoms with van der Waals surface area (Å²) in [6.07, 6.45) is 8.20. The molecule has 4 rings (SSSR count). The minimum Gasteiger partial charge on any atom is -0.165 e. The predicted octanol–water partition coefficient (Wildman–Crippen LogP) is 7.41. The van der Waals surface area contributed by atoms with Gasteiger partial charge in [0.1, 0.15) is 4.88 Å². The fourth-order valence-corrected chi connectivity index (χ4v) is 6.16. The average Bonchev–Trinajstić information content (AvgIpc) is 3.11. The summed E-state index contributed by atoms with van der Waals surface area (Å²) in [4.78, 5) is 0.343. The highest BCUT2D eigenvalue weighted by molar-refractivity contribution is 7.13. The van der Waals surface area contributed by atoms with Crippen LogP contribution in [-0.2, 0) is 6.18 Å². The van der Waals surface area contributed by atoms with E-state index < -0.39 is 11.1 Å². The lowest BCUT2D eigenvalue weighted by Gasteiger charge is -2.35. The third kappa shape index (κ3) is 3.84. The Morgan fingerprint density at radius 3 is 2.16 bits per heavy atom. The Morgan fingerprint density at radius 1 is 0.960 bits per heavy atom. The summed E-state index contributed by atoms with van der Waals surface area (Å²) in [7, 11) is 0. The van der Waals surface area contributed by atoms with Crippen LogP contribution in [0.4, 0.5) is 13.2 Å². The molecule has 4 heteroatoms. The van der Waals surface area contributed by atoms with Crippen molar-refractivity contribution in [3.05, 3.63) is 28.0 Å². The monoisotopic (exact) mass is 368 g/mol. The topological polar surface area (TPSA) is 0 Å². The molecule has 0 bridgehead atoms. The molecule has 0 radical (unpaired) electrons. The fourth-order valence-electron chi connectivity index (χ4n) is 5.22. The number of rotatable bonds is 3. The van der Waals surface area contributed by atoms with Crippen molar-refractivity contribution < 1.29 is 13.2 Å². The van der Waals surface area contributed by atoms with E-state index in [4.69, 9.17) is 0 Å². The van der Waals surface area contributed by atoms with Crippen LogP contribution in [0, 0.1) is 29.6 Å². The smallest absolute Gasteiger partial charge is 0.165 e. The van der Waals surface area contributed by atoms with E-state index in [2.05, 4.69) is 13.0 Å². The Balaban J connectivity index is 1.32. The summed E-state index contributed by atoms with van der Waals surface area (Å²) >= 11 is 0.900. The predicted molar refractivity (Wildman–Crippen MR) is 97.4 cm³/mol. The summed E-state index contributed by atoms with van der Waals surface area (Å²) in [5.41, 5.74) is 1.14. The zero-order valence-electron chi connectivity index (χ0n) is 14.8. The molecule has 25 heavy (non-hydrogen) atoms. The van der Waals surface area contributed by atoms with Crippen LogP contribution in [0.15, 0.2) is 18.2 Å². The Kier molecular flexibility index (Phi) is 4.76. The summed E-state index contributed by atoms with van der Waals surface area (Å²) in [6.45, 7) is 2.39. The van der Waals surface area contributed by atoms with E-state index in [-0.39, 0.29) is 0 Å². The largest absolute Gasteiger partial charge is 0.425 e. The van der Waals surface area contributed by atoms with Crippen molar-refractivity contribution in [1.82, 2.24) is 0 Å². The zero-order valence-corrected chi connectivity index (χ0v) is 15.6. The van der Waals surface area contributed by atoms with Gasteiger partial charge in [0.05, 0.1) is 0 Å². The molecule has 1 aromatic heterocycles. The van der Waals surface area contributed by atoms with Gasteiger partial charge in [0.25, 0.3) is 0 Å². The van der Waals surface area contributed by atoms with Crippen LogP contribution < -0.4 is 0 Å². The molecule has 2 saturated carbocycles. The van der Waals surface area contributed by atoms with E-state index in [0.717, 1.165) is 70.6 Å². The Hall–Kier alpha value is -0.770. The van der Waals surface area contributed by atoms with Crippen LogP contribution >= 0.6 is 11.3 Å². The van der Waals surface area contributed by atoms with Gasteiger partial charge in [0.2, 0.25) is 0 Å². The number of alkyl halides is 3. The second kappa shape index (κ2) is 6.75. The SMILES string of the molecule is CC1CC1C1CCC(C2CC=C(c3ccc(C(F)(F)F)s3)CC2)CC1. The van der Waals surface area contributed by atoms with Crippen molar-refractivity contribution in [2.45, 2.75) is 64.5 Å². The van der Waals surface area contributed by atoms with Crippen molar-refractivity contribution in [1.29, 1.82) is 0 Å². The zero-order chi connectivity index (χ0) is 17.6. The summed E-state index contributed by atoms with van der Waals surface area (Å²) in [5.74, 6) is 4.56. The van der Waals surface area contributed by atoms with Crippen molar-refractivity contribution in [2.75, 3.05) is 0 Å². The van der Waals surface area contributed by atoms with Crippen LogP contribution in [0.3, 0.4) is 0 Å². The molecule has 2 fully saturated rings. The van der Waals surface area contributed by atoms with Gasteiger partial charge in [-0.25, -0.2) is 0 Å². The van der Waals surface area contributed by atoms with Gasteiger partial charge < -0.3 is 0 Å². The molecular weight excluding hydrogens is 341 g/mol. The molecular formula is C21H27F3S. The maximum absolute atomic E-state index is 12.8. The summed E-state index contributed by atoms with van der Waals surface area (Å²) < 4.78 is 38.3. The highest BCUT2D eigenvalue weighted by Crippen LogP contribution is 2.51. The number of allylic oxidation sites excluding steroid dienone is 2. The molecule has 3 atom stereocenters. The highest BCUT2D eigenvalue weighted by atomic mass is 32.1. The molecule has 0 amide bonds. The van der Waals surface area contributed by atoms with Crippen LogP contribution in [0.5, 0.6) is 0 Å². The standard InChI is InChI=1S/C21H27F3S/c1-13-12-18(13)16-6-2-14(3-7-16)15-4-8-17(9-5-15)19-10-11-20(25-19)21(22,23)24/h8,10-11,13-16,18H,2-7,9,12H2,1H3. The molecule has 0 nitrogen and oxygen atoms in total. The lowest BCUT2D eigenvalue weighted by molar-refractivity contribution is -0.134. The van der Waals surface area contributed by atoms with E-state index in [0.29, 0.717) is 0 Å². The van der Waals surface area contributed by atoms with Gasteiger partial charge in [0, 0.05) is 4.88 Å². The number of hydrogen-bond acceptors (Lipinski definition) is 1. The molecule has 0 spiro atoms. The molecule has 1 heterocycles. The molecule has 0 N–H and O–H groups in total. The highest BCUT2D eigenvalue weighted by Gasteiger charge is 2.41. The van der Waals surface area contributed by atoms with E-state index in [1.54, 1.807) is 6.07 Å². The van der Waals surface area contributed by atoms with Crippen molar-refractivity contribution in [2.24, 2.45) is 29.6 Å². The van der Waals surface area contributed by atoms with Gasteiger partial charge in [-0.3, -0.25) is 0 Å². The summed E-state index contributed by atoms with van der Waals surface area (Å²) in [6, 6.07) is 2.88. The summed E-state index contributed by atoms with van der Waals surface area (Å²) in [5, 5.41) is 0. The lowest BCUT2D eigenvalue weighted by Crippen LogP contribution is -2.24. The number of hydrogen-bond donors (Lipinski definition) is 0. The van der Waals surface area contributed by atoms with E-state index in [1.807, 2.05) is 0 Å². The van der Waals surface area contributed by atoms with E-state index >= 15 is 0 Å². The van der Waals surface area contributed by atoms with E-state index in [9.17, 15) is 13.2 Å². The van der Waals surface area contributed by atoms with Gasteiger partial charge in [-0.05, 0) is 98.7 Å². The Morgan fingerprint density at radius 2 is 1.64 bits per heavy atom. The third-order valence-electron chi connectivity index (χ3n) is 6.91. The molecule has 3 unspecified atom stereocenters. The van der Waals surface area contributed by atoms with Crippen LogP contribution in [0.2, 0.25) is 0 Å². The average molecular weight is 369 g/mol. The quantitative estimate of drug-likeness (QED) is 0.521. The minimum absolute atomic E-state index is 0.474. The van der Waals surface area contributed by atoms with Gasteiger partial charge in [-0.1, -0.05) is 13.0 Å². The molecule has 0 saturated heterocycles. The van der Waals surface area contributed by atoms with Crippen molar-refractivity contribution in [3.63, 3.8) is 0 Å². The Bertz CT molecular complexity index is 634. The van der Waals surface area contributed by atoms with Gasteiger partial charge in [0.15, 0.2) is 0 Å². The second-order valence-electron chi connectivity index (χ2n) is 8.48. The first-order valence-electron chi connectivity index (χ1n) is 9.78. The first-order valence-corrected chi connectivity index (χ1v) is 10.6. The van der Waals surface area contributed by atoms with Gasteiger partial charge in [-0.2, -0.15) is 13.2 Å². The maximum Gasteiger partial charge on any atom is 0.425 e. The van der Waals surface area contributed by atoms with Crippen LogP contribution in [0.25, 0.3) is 5.57 Å². The van der Waals surface area contributed by atoms with Gasteiger partial charge in [-0.15, -0.1) is 11.3 Å².